The van der Waals surface area contributed by atoms with Crippen molar-refractivity contribution in [1.29, 1.82) is 0 Å². The average Bonchev–Trinajstić information content (AvgIpc) is 2.77. The van der Waals surface area contributed by atoms with Crippen LogP contribution in [0.4, 0.5) is 0 Å². The summed E-state index contributed by atoms with van der Waals surface area (Å²) in [4.78, 5) is 25.7. The molecule has 0 bridgehead atoms. The minimum Gasteiger partial charge on any atom is -0.383 e. The smallest absolute Gasteiger partial charge is 0.244 e. The van der Waals surface area contributed by atoms with E-state index < -0.39 is 0 Å². The first kappa shape index (κ1) is 13.7. The van der Waals surface area contributed by atoms with Gasteiger partial charge in [-0.15, -0.1) is 11.8 Å². The molecule has 0 spiro atoms. The molecule has 2 fully saturated rings. The second-order valence-electron chi connectivity index (χ2n) is 5.13. The van der Waals surface area contributed by atoms with Crippen molar-refractivity contribution in [2.24, 2.45) is 0 Å². The molecule has 0 aromatic heterocycles. The highest BCUT2D eigenvalue weighted by Gasteiger charge is 2.52. The number of hydrogen-bond acceptors (Lipinski definition) is 4. The van der Waals surface area contributed by atoms with Crippen LogP contribution < -0.4 is 5.32 Å². The lowest BCUT2D eigenvalue weighted by atomic mass is 10.2. The van der Waals surface area contributed by atoms with E-state index in [2.05, 4.69) is 12.2 Å². The van der Waals surface area contributed by atoms with Crippen LogP contribution in [-0.4, -0.2) is 53.1 Å². The second-order valence-corrected chi connectivity index (χ2v) is 6.63. The number of nitrogens with one attached hydrogen (secondary N) is 1. The highest BCUT2D eigenvalue weighted by atomic mass is 32.2. The molecular weight excluding hydrogens is 252 g/mol. The zero-order valence-electron chi connectivity index (χ0n) is 11.1. The number of fused-ring (bicyclic) bond motifs is 1. The molecule has 6 heteroatoms. The SMILES string of the molecule is COCC(C)NC(=O)C1CSC2(C)CCC(=O)N12. The topological polar surface area (TPSA) is 58.6 Å². The molecule has 0 aromatic rings. The molecule has 2 aliphatic heterocycles. The van der Waals surface area contributed by atoms with Crippen LogP contribution in [0, 0.1) is 0 Å². The number of methoxy groups -OCH3 is 1. The zero-order valence-corrected chi connectivity index (χ0v) is 11.9. The van der Waals surface area contributed by atoms with Gasteiger partial charge in [0.05, 0.1) is 11.5 Å². The highest BCUT2D eigenvalue weighted by Crippen LogP contribution is 2.47. The number of hydrogen-bond donors (Lipinski definition) is 1. The lowest BCUT2D eigenvalue weighted by Crippen LogP contribution is -2.52. The molecule has 2 heterocycles. The third-order valence-electron chi connectivity index (χ3n) is 3.55. The van der Waals surface area contributed by atoms with Crippen molar-refractivity contribution in [3.05, 3.63) is 0 Å². The van der Waals surface area contributed by atoms with E-state index in [9.17, 15) is 9.59 Å². The maximum Gasteiger partial charge on any atom is 0.244 e. The Morgan fingerprint density at radius 1 is 1.72 bits per heavy atom. The van der Waals surface area contributed by atoms with E-state index in [1.165, 1.54) is 0 Å². The average molecular weight is 272 g/mol. The van der Waals surface area contributed by atoms with Crippen LogP contribution in [0.1, 0.15) is 26.7 Å². The van der Waals surface area contributed by atoms with Crippen LogP contribution in [0.25, 0.3) is 0 Å². The first-order valence-corrected chi connectivity index (χ1v) is 7.22. The molecule has 0 aromatic carbocycles. The number of carbonyl (C=O) groups is 2. The normalized spacial score (nSPS) is 32.5. The van der Waals surface area contributed by atoms with E-state index in [1.807, 2.05) is 6.92 Å². The number of rotatable bonds is 4. The van der Waals surface area contributed by atoms with Crippen molar-refractivity contribution in [2.45, 2.75) is 43.6 Å². The van der Waals surface area contributed by atoms with Crippen molar-refractivity contribution in [3.8, 4) is 0 Å². The number of amides is 2. The molecular formula is C12H20N2O3S. The quantitative estimate of drug-likeness (QED) is 0.814. The molecule has 3 atom stereocenters. The summed E-state index contributed by atoms with van der Waals surface area (Å²) in [6, 6.07) is -0.355. The fourth-order valence-corrected chi connectivity index (χ4v) is 4.08. The Balaban J connectivity index is 2.01. The van der Waals surface area contributed by atoms with Crippen molar-refractivity contribution >= 4 is 23.6 Å². The fourth-order valence-electron chi connectivity index (χ4n) is 2.65. The lowest BCUT2D eigenvalue weighted by Gasteiger charge is -2.30. The fraction of sp³-hybridized carbons (Fsp3) is 0.833. The van der Waals surface area contributed by atoms with Crippen LogP contribution in [-0.2, 0) is 14.3 Å². The van der Waals surface area contributed by atoms with Crippen molar-refractivity contribution in [1.82, 2.24) is 10.2 Å². The number of nitrogens with zero attached hydrogens (tertiary/aromatic N) is 1. The van der Waals surface area contributed by atoms with Gasteiger partial charge in [-0.1, -0.05) is 0 Å². The van der Waals surface area contributed by atoms with Gasteiger partial charge in [0, 0.05) is 25.3 Å². The molecule has 2 saturated heterocycles. The van der Waals surface area contributed by atoms with Gasteiger partial charge < -0.3 is 15.0 Å². The second kappa shape index (κ2) is 5.09. The Labute approximate surface area is 112 Å². The standard InChI is InChI=1S/C12H20N2O3S/c1-8(6-17-3)13-11(16)9-7-18-12(2)5-4-10(15)14(9)12/h8-9H,4-7H2,1-3H3,(H,13,16). The van der Waals surface area contributed by atoms with Crippen LogP contribution in [0.5, 0.6) is 0 Å². The van der Waals surface area contributed by atoms with E-state index in [-0.39, 0.29) is 28.8 Å². The molecule has 2 rings (SSSR count). The van der Waals surface area contributed by atoms with Crippen molar-refractivity contribution < 1.29 is 14.3 Å². The number of ether oxygens (including phenoxy) is 1. The summed E-state index contributed by atoms with van der Waals surface area (Å²) in [5, 5.41) is 2.90. The minimum absolute atomic E-state index is 0.0305. The van der Waals surface area contributed by atoms with Gasteiger partial charge in [0.15, 0.2) is 0 Å². The van der Waals surface area contributed by atoms with Crippen LogP contribution in [0.15, 0.2) is 0 Å². The molecule has 102 valence electrons. The molecule has 3 unspecified atom stereocenters. The minimum atomic E-state index is -0.325. The summed E-state index contributed by atoms with van der Waals surface area (Å²) in [6.45, 7) is 4.43. The van der Waals surface area contributed by atoms with Crippen molar-refractivity contribution in [3.63, 3.8) is 0 Å². The van der Waals surface area contributed by atoms with E-state index in [4.69, 9.17) is 4.74 Å². The molecule has 18 heavy (non-hydrogen) atoms. The molecule has 5 nitrogen and oxygen atoms in total. The third kappa shape index (κ3) is 2.36. The number of carbonyl (C=O) groups excluding carboxylic acids is 2. The first-order chi connectivity index (χ1) is 8.48. The van der Waals surface area contributed by atoms with Gasteiger partial charge in [0.2, 0.25) is 11.8 Å². The first-order valence-electron chi connectivity index (χ1n) is 6.23. The summed E-state index contributed by atoms with van der Waals surface area (Å²) >= 11 is 1.71. The molecule has 0 radical (unpaired) electrons. The predicted molar refractivity (Wildman–Crippen MR) is 70.2 cm³/mol. The Hall–Kier alpha value is -0.750. The summed E-state index contributed by atoms with van der Waals surface area (Å²) < 4.78 is 4.99. The van der Waals surface area contributed by atoms with Crippen LogP contribution in [0.3, 0.4) is 0 Å². The van der Waals surface area contributed by atoms with Gasteiger partial charge in [0.1, 0.15) is 6.04 Å². The zero-order chi connectivity index (χ0) is 13.3. The Morgan fingerprint density at radius 2 is 2.44 bits per heavy atom. The summed E-state index contributed by atoms with van der Waals surface area (Å²) in [6.07, 6.45) is 1.40. The number of thioether (sulfide) groups is 1. The van der Waals surface area contributed by atoms with E-state index in [0.29, 0.717) is 18.8 Å². The molecule has 2 aliphatic rings. The van der Waals surface area contributed by atoms with E-state index >= 15 is 0 Å². The van der Waals surface area contributed by atoms with Gasteiger partial charge in [-0.3, -0.25) is 9.59 Å². The highest BCUT2D eigenvalue weighted by molar-refractivity contribution is 8.01. The van der Waals surface area contributed by atoms with E-state index in [0.717, 1.165) is 6.42 Å². The Morgan fingerprint density at radius 3 is 3.11 bits per heavy atom. The molecule has 0 saturated carbocycles. The van der Waals surface area contributed by atoms with Crippen molar-refractivity contribution in [2.75, 3.05) is 19.5 Å². The molecule has 2 amide bonds. The van der Waals surface area contributed by atoms with Gasteiger partial charge in [-0.2, -0.15) is 0 Å². The third-order valence-corrected chi connectivity index (χ3v) is 5.06. The van der Waals surface area contributed by atoms with Gasteiger partial charge >= 0.3 is 0 Å². The predicted octanol–water partition coefficient (Wildman–Crippen LogP) is 0.591. The van der Waals surface area contributed by atoms with Gasteiger partial charge in [-0.05, 0) is 20.3 Å². The Bertz CT molecular complexity index is 363. The maximum absolute atomic E-state index is 12.2. The largest absolute Gasteiger partial charge is 0.383 e. The van der Waals surface area contributed by atoms with Gasteiger partial charge in [0.25, 0.3) is 0 Å². The van der Waals surface area contributed by atoms with Crippen LogP contribution >= 0.6 is 11.8 Å². The van der Waals surface area contributed by atoms with E-state index in [1.54, 1.807) is 23.8 Å². The summed E-state index contributed by atoms with van der Waals surface area (Å²) in [5.41, 5.74) is 0. The molecule has 0 aliphatic carbocycles. The van der Waals surface area contributed by atoms with Gasteiger partial charge in [-0.25, -0.2) is 0 Å². The Kier molecular flexibility index (Phi) is 3.87. The molecule has 1 N–H and O–H groups in total. The lowest BCUT2D eigenvalue weighted by molar-refractivity contribution is -0.138. The maximum atomic E-state index is 12.2. The van der Waals surface area contributed by atoms with Crippen LogP contribution in [0.2, 0.25) is 0 Å². The monoisotopic (exact) mass is 272 g/mol. The summed E-state index contributed by atoms with van der Waals surface area (Å²) in [5.74, 6) is 0.724. The summed E-state index contributed by atoms with van der Waals surface area (Å²) in [7, 11) is 1.61.